The summed E-state index contributed by atoms with van der Waals surface area (Å²) < 4.78 is 7.73. The van der Waals surface area contributed by atoms with E-state index in [1.165, 1.54) is 16.7 Å². The van der Waals surface area contributed by atoms with E-state index in [1.54, 1.807) is 0 Å². The van der Waals surface area contributed by atoms with E-state index in [4.69, 9.17) is 4.43 Å². The summed E-state index contributed by atoms with van der Waals surface area (Å²) in [5.74, 6) is 0. The van der Waals surface area contributed by atoms with Crippen LogP contribution in [0, 0.1) is 0 Å². The van der Waals surface area contributed by atoms with Crippen LogP contribution in [-0.2, 0) is 10.8 Å². The van der Waals surface area contributed by atoms with Crippen molar-refractivity contribution in [2.45, 2.75) is 64.8 Å². The van der Waals surface area contributed by atoms with Crippen LogP contribution in [0.25, 0.3) is 11.1 Å². The third-order valence-electron chi connectivity index (χ3n) is 5.32. The first-order valence-corrected chi connectivity index (χ1v) is 12.8. The van der Waals surface area contributed by atoms with Gasteiger partial charge in [-0.3, -0.25) is 0 Å². The molecule has 2 aromatic carbocycles. The molecule has 1 nitrogen and oxygen atoms in total. The summed E-state index contributed by atoms with van der Waals surface area (Å²) in [6, 6.07) is 17.4. The van der Waals surface area contributed by atoms with Crippen LogP contribution >= 0.6 is 15.9 Å². The molecule has 0 heterocycles. The Morgan fingerprint density at radius 3 is 1.84 bits per heavy atom. The van der Waals surface area contributed by atoms with Crippen LogP contribution in [-0.4, -0.2) is 14.4 Å². The van der Waals surface area contributed by atoms with Gasteiger partial charge in [0.2, 0.25) is 0 Å². The standard InChI is InChI=1S/C22H31BrOSi/c1-7-21(24-25(5,6)22(2,3)4)16-17-8-10-18(11-9-17)19-12-14-20(23)15-13-19/h8-15,21H,7,16H2,1-6H3/t21-/m0/s1. The Morgan fingerprint density at radius 2 is 1.40 bits per heavy atom. The van der Waals surface area contributed by atoms with Gasteiger partial charge in [0.25, 0.3) is 0 Å². The second-order valence-corrected chi connectivity index (χ2v) is 14.0. The number of rotatable bonds is 6. The third kappa shape index (κ3) is 5.53. The van der Waals surface area contributed by atoms with Gasteiger partial charge in [0.1, 0.15) is 0 Å². The second-order valence-electron chi connectivity index (χ2n) is 8.32. The zero-order valence-electron chi connectivity index (χ0n) is 16.4. The Kier molecular flexibility index (Phi) is 6.69. The molecule has 25 heavy (non-hydrogen) atoms. The molecule has 2 aromatic rings. The highest BCUT2D eigenvalue weighted by atomic mass is 79.9. The lowest BCUT2D eigenvalue weighted by atomic mass is 10.0. The quantitative estimate of drug-likeness (QED) is 0.442. The minimum atomic E-state index is -1.72. The molecule has 0 saturated carbocycles. The van der Waals surface area contributed by atoms with E-state index in [1.807, 2.05) is 0 Å². The number of hydrogen-bond donors (Lipinski definition) is 0. The molecule has 0 aliphatic rings. The number of benzene rings is 2. The van der Waals surface area contributed by atoms with Gasteiger partial charge in [-0.2, -0.15) is 0 Å². The van der Waals surface area contributed by atoms with E-state index in [-0.39, 0.29) is 5.04 Å². The lowest BCUT2D eigenvalue weighted by Gasteiger charge is -2.39. The van der Waals surface area contributed by atoms with E-state index in [0.29, 0.717) is 6.10 Å². The number of hydrogen-bond acceptors (Lipinski definition) is 1. The van der Waals surface area contributed by atoms with Crippen molar-refractivity contribution in [3.63, 3.8) is 0 Å². The summed E-state index contributed by atoms with van der Waals surface area (Å²) in [4.78, 5) is 0. The normalized spacial score (nSPS) is 13.7. The predicted octanol–water partition coefficient (Wildman–Crippen LogP) is 7.46. The summed E-state index contributed by atoms with van der Waals surface area (Å²) in [5.41, 5.74) is 3.86. The van der Waals surface area contributed by atoms with E-state index in [2.05, 4.69) is 105 Å². The van der Waals surface area contributed by atoms with Crippen molar-refractivity contribution < 1.29 is 4.43 Å². The fourth-order valence-electron chi connectivity index (χ4n) is 2.60. The first kappa shape index (κ1) is 20.4. The van der Waals surface area contributed by atoms with Crippen LogP contribution in [0.5, 0.6) is 0 Å². The molecular formula is C22H31BrOSi. The Hall–Kier alpha value is -0.903. The molecule has 2 rings (SSSR count). The van der Waals surface area contributed by atoms with Crippen molar-refractivity contribution >= 4 is 24.2 Å². The zero-order chi connectivity index (χ0) is 18.7. The Bertz CT molecular complexity index is 669. The highest BCUT2D eigenvalue weighted by molar-refractivity contribution is 9.10. The smallest absolute Gasteiger partial charge is 0.192 e. The van der Waals surface area contributed by atoms with Crippen LogP contribution in [0.15, 0.2) is 53.0 Å². The Labute approximate surface area is 163 Å². The molecule has 0 amide bonds. The molecule has 0 aliphatic heterocycles. The van der Waals surface area contributed by atoms with E-state index < -0.39 is 8.32 Å². The fraction of sp³-hybridized carbons (Fsp3) is 0.455. The topological polar surface area (TPSA) is 9.23 Å². The summed E-state index contributed by atoms with van der Waals surface area (Å²) in [6.45, 7) is 13.8. The van der Waals surface area contributed by atoms with Crippen molar-refractivity contribution in [3.05, 3.63) is 58.6 Å². The van der Waals surface area contributed by atoms with Crippen LogP contribution in [0.4, 0.5) is 0 Å². The van der Waals surface area contributed by atoms with Crippen LogP contribution in [0.3, 0.4) is 0 Å². The molecule has 0 aliphatic carbocycles. The average Bonchev–Trinajstić information content (AvgIpc) is 2.54. The maximum absolute atomic E-state index is 6.62. The number of halogens is 1. The van der Waals surface area contributed by atoms with Crippen molar-refractivity contribution in [3.8, 4) is 11.1 Å². The molecule has 0 fully saturated rings. The van der Waals surface area contributed by atoms with Crippen LogP contribution in [0.2, 0.25) is 18.1 Å². The minimum Gasteiger partial charge on any atom is -0.414 e. The minimum absolute atomic E-state index is 0.256. The molecule has 136 valence electrons. The molecule has 0 radical (unpaired) electrons. The second kappa shape index (κ2) is 8.19. The van der Waals surface area contributed by atoms with Crippen LogP contribution < -0.4 is 0 Å². The van der Waals surface area contributed by atoms with Gasteiger partial charge in [-0.25, -0.2) is 0 Å². The molecule has 0 unspecified atom stereocenters. The first-order valence-electron chi connectivity index (χ1n) is 9.15. The van der Waals surface area contributed by atoms with Gasteiger partial charge < -0.3 is 4.43 Å². The first-order chi connectivity index (χ1) is 11.6. The molecule has 3 heteroatoms. The average molecular weight is 419 g/mol. The molecule has 0 aromatic heterocycles. The molecule has 1 atom stereocenters. The zero-order valence-corrected chi connectivity index (χ0v) is 19.0. The molecule has 0 saturated heterocycles. The lowest BCUT2D eigenvalue weighted by molar-refractivity contribution is 0.176. The highest BCUT2D eigenvalue weighted by Gasteiger charge is 2.38. The summed E-state index contributed by atoms with van der Waals surface area (Å²) >= 11 is 3.49. The maximum Gasteiger partial charge on any atom is 0.192 e. The van der Waals surface area contributed by atoms with Crippen LogP contribution in [0.1, 0.15) is 39.7 Å². The van der Waals surface area contributed by atoms with E-state index in [9.17, 15) is 0 Å². The van der Waals surface area contributed by atoms with Gasteiger partial charge in [-0.05, 0) is 59.8 Å². The highest BCUT2D eigenvalue weighted by Crippen LogP contribution is 2.38. The van der Waals surface area contributed by atoms with Gasteiger partial charge in [-0.1, -0.05) is 80.0 Å². The lowest BCUT2D eigenvalue weighted by Crippen LogP contribution is -2.44. The Balaban J connectivity index is 2.07. The van der Waals surface area contributed by atoms with Crippen molar-refractivity contribution in [2.75, 3.05) is 0 Å². The largest absolute Gasteiger partial charge is 0.414 e. The van der Waals surface area contributed by atoms with Crippen molar-refractivity contribution in [2.24, 2.45) is 0 Å². The summed E-state index contributed by atoms with van der Waals surface area (Å²) in [5, 5.41) is 0.256. The Morgan fingerprint density at radius 1 is 0.920 bits per heavy atom. The molecule has 0 bridgehead atoms. The van der Waals surface area contributed by atoms with Crippen molar-refractivity contribution in [1.82, 2.24) is 0 Å². The monoisotopic (exact) mass is 418 g/mol. The van der Waals surface area contributed by atoms with Gasteiger partial charge in [0, 0.05) is 10.6 Å². The predicted molar refractivity (Wildman–Crippen MR) is 116 cm³/mol. The molecule has 0 N–H and O–H groups in total. The molecule has 0 spiro atoms. The van der Waals surface area contributed by atoms with Gasteiger partial charge in [0.15, 0.2) is 8.32 Å². The van der Waals surface area contributed by atoms with Gasteiger partial charge in [0.05, 0.1) is 0 Å². The third-order valence-corrected chi connectivity index (χ3v) is 10.4. The van der Waals surface area contributed by atoms with Gasteiger partial charge in [-0.15, -0.1) is 0 Å². The maximum atomic E-state index is 6.62. The van der Waals surface area contributed by atoms with E-state index >= 15 is 0 Å². The summed E-state index contributed by atoms with van der Waals surface area (Å²) in [7, 11) is -1.72. The molecular weight excluding hydrogens is 388 g/mol. The van der Waals surface area contributed by atoms with Crippen molar-refractivity contribution in [1.29, 1.82) is 0 Å². The SMILES string of the molecule is CC[C@@H](Cc1ccc(-c2ccc(Br)cc2)cc1)O[Si](C)(C)C(C)(C)C. The van der Waals surface area contributed by atoms with Gasteiger partial charge >= 0.3 is 0 Å². The van der Waals surface area contributed by atoms with E-state index in [0.717, 1.165) is 17.3 Å². The fourth-order valence-corrected chi connectivity index (χ4v) is 4.30. The summed E-state index contributed by atoms with van der Waals surface area (Å²) in [6.07, 6.45) is 2.35.